The van der Waals surface area contributed by atoms with Gasteiger partial charge in [0, 0.05) is 47.4 Å². The first-order chi connectivity index (χ1) is 17.0. The summed E-state index contributed by atoms with van der Waals surface area (Å²) in [5.41, 5.74) is 2.69. The second-order valence-electron chi connectivity index (χ2n) is 9.18. The van der Waals surface area contributed by atoms with Gasteiger partial charge in [-0.1, -0.05) is 11.6 Å². The number of aryl methyl sites for hydroxylation is 1. The molecule has 2 aromatic carbocycles. The number of hydrogen-bond acceptors (Lipinski definition) is 5. The summed E-state index contributed by atoms with van der Waals surface area (Å²) >= 11 is 6.16. The first-order valence-electron chi connectivity index (χ1n) is 11.7. The number of rotatable bonds is 4. The number of amides is 2. The van der Waals surface area contributed by atoms with Crippen LogP contribution < -0.4 is 15.0 Å². The van der Waals surface area contributed by atoms with Gasteiger partial charge in [-0.25, -0.2) is 14.8 Å². The number of benzene rings is 2. The van der Waals surface area contributed by atoms with Crippen LogP contribution in [-0.4, -0.2) is 51.1 Å². The predicted octanol–water partition coefficient (Wildman–Crippen LogP) is 5.60. The van der Waals surface area contributed by atoms with Crippen LogP contribution in [0.4, 0.5) is 16.2 Å². The number of hydrogen-bond donors (Lipinski definition) is 2. The van der Waals surface area contributed by atoms with Gasteiger partial charge in [0.15, 0.2) is 5.75 Å². The molecule has 2 aromatic heterocycles. The molecular weight excluding hydrogens is 464 g/mol. The van der Waals surface area contributed by atoms with Crippen LogP contribution >= 0.6 is 11.6 Å². The summed E-state index contributed by atoms with van der Waals surface area (Å²) in [7, 11) is 0. The van der Waals surface area contributed by atoms with Gasteiger partial charge in [-0.15, -0.1) is 0 Å². The fourth-order valence-corrected chi connectivity index (χ4v) is 4.93. The van der Waals surface area contributed by atoms with Crippen LogP contribution in [0.15, 0.2) is 61.1 Å². The zero-order chi connectivity index (χ0) is 24.0. The van der Waals surface area contributed by atoms with E-state index in [4.69, 9.17) is 16.3 Å². The van der Waals surface area contributed by atoms with E-state index in [1.54, 1.807) is 12.4 Å². The molecule has 1 saturated carbocycles. The first-order valence-corrected chi connectivity index (χ1v) is 12.0. The molecule has 9 heteroatoms. The number of nitrogens with zero attached hydrogens (tertiary/aromatic N) is 4. The van der Waals surface area contributed by atoms with Crippen molar-refractivity contribution in [3.63, 3.8) is 0 Å². The highest BCUT2D eigenvalue weighted by atomic mass is 35.5. The number of anilines is 2. The molecule has 2 fully saturated rings. The fourth-order valence-electron chi connectivity index (χ4n) is 4.76. The van der Waals surface area contributed by atoms with Crippen molar-refractivity contribution in [3.8, 4) is 11.5 Å². The standard InChI is InChI=1S/C26H25ClN6O2/c1-17-28-13-21(14-29-17)35-20-5-3-19(4-6-20)32-10-11-33(26(16-32)8-9-26)25(34)31-24-15-30-23-7-2-18(27)12-22(23)24/h2-7,12-15,30H,8-11,16H2,1H3,(H,31,34). The number of nitrogens with one attached hydrogen (secondary N) is 2. The van der Waals surface area contributed by atoms with E-state index in [0.717, 1.165) is 54.0 Å². The van der Waals surface area contributed by atoms with E-state index in [-0.39, 0.29) is 11.6 Å². The van der Waals surface area contributed by atoms with Gasteiger partial charge < -0.3 is 24.8 Å². The SMILES string of the molecule is Cc1ncc(Oc2ccc(N3CCN(C(=O)Nc4c[nH]c5ccc(Cl)cc45)C4(CC4)C3)cc2)cn1. The first kappa shape index (κ1) is 21.7. The number of urea groups is 1. The molecule has 2 aliphatic rings. The summed E-state index contributed by atoms with van der Waals surface area (Å²) in [6.07, 6.45) is 7.17. The molecule has 8 nitrogen and oxygen atoms in total. The van der Waals surface area contributed by atoms with E-state index in [2.05, 4.69) is 37.3 Å². The molecule has 1 spiro atoms. The fraction of sp³-hybridized carbons (Fsp3) is 0.269. The van der Waals surface area contributed by atoms with Crippen molar-refractivity contribution < 1.29 is 9.53 Å². The van der Waals surface area contributed by atoms with Crippen LogP contribution in [0.3, 0.4) is 0 Å². The summed E-state index contributed by atoms with van der Waals surface area (Å²) in [4.78, 5) is 29.1. The second kappa shape index (κ2) is 8.46. The van der Waals surface area contributed by atoms with Gasteiger partial charge in [0.2, 0.25) is 0 Å². The van der Waals surface area contributed by atoms with E-state index in [9.17, 15) is 4.79 Å². The van der Waals surface area contributed by atoms with E-state index in [1.807, 2.05) is 48.4 Å². The molecule has 6 rings (SSSR count). The minimum Gasteiger partial charge on any atom is -0.454 e. The van der Waals surface area contributed by atoms with Crippen LogP contribution in [0.1, 0.15) is 18.7 Å². The van der Waals surface area contributed by atoms with Crippen LogP contribution in [0, 0.1) is 6.92 Å². The molecule has 1 aliphatic carbocycles. The molecule has 2 amide bonds. The third kappa shape index (κ3) is 4.25. The van der Waals surface area contributed by atoms with Crippen molar-refractivity contribution in [2.75, 3.05) is 29.9 Å². The maximum atomic E-state index is 13.3. The lowest BCUT2D eigenvalue weighted by Crippen LogP contribution is -2.58. The van der Waals surface area contributed by atoms with E-state index in [1.165, 1.54) is 0 Å². The van der Waals surface area contributed by atoms with E-state index >= 15 is 0 Å². The number of carbonyl (C=O) groups excluding carboxylic acids is 1. The molecule has 1 saturated heterocycles. The molecule has 0 bridgehead atoms. The second-order valence-corrected chi connectivity index (χ2v) is 9.62. The molecular formula is C26H25ClN6O2. The number of aromatic nitrogens is 3. The summed E-state index contributed by atoms with van der Waals surface area (Å²) < 4.78 is 5.85. The monoisotopic (exact) mass is 488 g/mol. The molecule has 1 aliphatic heterocycles. The maximum Gasteiger partial charge on any atom is 0.322 e. The van der Waals surface area contributed by atoms with Gasteiger partial charge in [-0.2, -0.15) is 0 Å². The molecule has 3 heterocycles. The third-order valence-corrected chi connectivity index (χ3v) is 7.04. The number of ether oxygens (including phenoxy) is 1. The Kier molecular flexibility index (Phi) is 5.25. The Morgan fingerprint density at radius 2 is 1.86 bits per heavy atom. The number of fused-ring (bicyclic) bond motifs is 1. The van der Waals surface area contributed by atoms with E-state index in [0.29, 0.717) is 23.1 Å². The zero-order valence-corrected chi connectivity index (χ0v) is 20.0. The van der Waals surface area contributed by atoms with Gasteiger partial charge in [-0.05, 0) is 62.2 Å². The smallest absolute Gasteiger partial charge is 0.322 e. The minimum atomic E-state index is -0.125. The minimum absolute atomic E-state index is 0.0629. The Hall–Kier alpha value is -3.78. The Morgan fingerprint density at radius 1 is 1.09 bits per heavy atom. The largest absolute Gasteiger partial charge is 0.454 e. The predicted molar refractivity (Wildman–Crippen MR) is 136 cm³/mol. The topological polar surface area (TPSA) is 86.4 Å². The summed E-state index contributed by atoms with van der Waals surface area (Å²) in [5, 5.41) is 4.65. The van der Waals surface area contributed by atoms with Gasteiger partial charge in [0.05, 0.1) is 23.6 Å². The average Bonchev–Trinajstić information content (AvgIpc) is 3.51. The molecule has 4 aromatic rings. The highest BCUT2D eigenvalue weighted by molar-refractivity contribution is 6.31. The molecule has 0 unspecified atom stereocenters. The van der Waals surface area contributed by atoms with Crippen LogP contribution in [0.5, 0.6) is 11.5 Å². The quantitative estimate of drug-likeness (QED) is 0.390. The number of aromatic amines is 1. The number of carbonyl (C=O) groups is 1. The highest BCUT2D eigenvalue weighted by Gasteiger charge is 2.53. The summed E-state index contributed by atoms with van der Waals surface area (Å²) in [6, 6.07) is 13.6. The van der Waals surface area contributed by atoms with Gasteiger partial charge in [0.25, 0.3) is 0 Å². The highest BCUT2D eigenvalue weighted by Crippen LogP contribution is 2.45. The van der Waals surface area contributed by atoms with E-state index < -0.39 is 0 Å². The van der Waals surface area contributed by atoms with Gasteiger partial charge in [-0.3, -0.25) is 0 Å². The average molecular weight is 489 g/mol. The van der Waals surface area contributed by atoms with Crippen molar-refractivity contribution in [2.45, 2.75) is 25.3 Å². The van der Waals surface area contributed by atoms with Gasteiger partial charge in [0.1, 0.15) is 11.6 Å². The lowest BCUT2D eigenvalue weighted by Gasteiger charge is -2.43. The molecule has 178 valence electrons. The Balaban J connectivity index is 1.12. The van der Waals surface area contributed by atoms with Crippen molar-refractivity contribution in [1.29, 1.82) is 0 Å². The molecule has 0 radical (unpaired) electrons. The van der Waals surface area contributed by atoms with Crippen molar-refractivity contribution in [3.05, 3.63) is 71.9 Å². The zero-order valence-electron chi connectivity index (χ0n) is 19.3. The lowest BCUT2D eigenvalue weighted by atomic mass is 10.1. The number of piperazine rings is 1. The van der Waals surface area contributed by atoms with Crippen LogP contribution in [0.2, 0.25) is 5.02 Å². The number of H-pyrrole nitrogens is 1. The van der Waals surface area contributed by atoms with Crippen LogP contribution in [-0.2, 0) is 0 Å². The summed E-state index contributed by atoms with van der Waals surface area (Å²) in [5.74, 6) is 2.05. The third-order valence-electron chi connectivity index (χ3n) is 6.80. The molecule has 2 N–H and O–H groups in total. The Labute approximate surface area is 207 Å². The maximum absolute atomic E-state index is 13.3. The van der Waals surface area contributed by atoms with Crippen molar-refractivity contribution in [1.82, 2.24) is 19.9 Å². The Morgan fingerprint density at radius 3 is 2.60 bits per heavy atom. The van der Waals surface area contributed by atoms with Crippen molar-refractivity contribution >= 4 is 39.9 Å². The normalized spacial score (nSPS) is 16.5. The number of halogens is 1. The molecule has 35 heavy (non-hydrogen) atoms. The van der Waals surface area contributed by atoms with Crippen LogP contribution in [0.25, 0.3) is 10.9 Å². The Bertz CT molecular complexity index is 1380. The lowest BCUT2D eigenvalue weighted by molar-refractivity contribution is 0.169. The van der Waals surface area contributed by atoms with Crippen molar-refractivity contribution in [2.24, 2.45) is 0 Å². The molecule has 0 atom stereocenters. The summed E-state index contributed by atoms with van der Waals surface area (Å²) in [6.45, 7) is 4.08. The van der Waals surface area contributed by atoms with Gasteiger partial charge >= 0.3 is 6.03 Å².